The van der Waals surface area contributed by atoms with E-state index in [1.807, 2.05) is 12.1 Å². The number of nitrogens with one attached hydrogen (secondary N) is 1. The summed E-state index contributed by atoms with van der Waals surface area (Å²) in [5.41, 5.74) is 3.82. The lowest BCUT2D eigenvalue weighted by molar-refractivity contribution is -0.112. The summed E-state index contributed by atoms with van der Waals surface area (Å²) in [5, 5.41) is 12.9. The summed E-state index contributed by atoms with van der Waals surface area (Å²) in [6.45, 7) is 6.69. The smallest absolute Gasteiger partial charge is 0.266 e. The van der Waals surface area contributed by atoms with Crippen molar-refractivity contribution < 1.29 is 4.79 Å². The highest BCUT2D eigenvalue weighted by molar-refractivity contribution is 6.42. The van der Waals surface area contributed by atoms with Crippen LogP contribution in [-0.4, -0.2) is 18.5 Å². The van der Waals surface area contributed by atoms with Gasteiger partial charge >= 0.3 is 0 Å². The molecule has 0 aromatic heterocycles. The van der Waals surface area contributed by atoms with E-state index in [0.717, 1.165) is 12.0 Å². The molecule has 1 amide bonds. The van der Waals surface area contributed by atoms with E-state index in [-0.39, 0.29) is 11.1 Å². The Morgan fingerprint density at radius 2 is 1.97 bits per heavy atom. The van der Waals surface area contributed by atoms with E-state index >= 15 is 0 Å². The number of rotatable bonds is 3. The molecule has 29 heavy (non-hydrogen) atoms. The minimum Gasteiger partial charge on any atom is -0.369 e. The fraction of sp³-hybridized carbons (Fsp3) is 0.304. The molecular weight excluding hydrogens is 405 g/mol. The van der Waals surface area contributed by atoms with Crippen molar-refractivity contribution in [3.8, 4) is 6.07 Å². The molecule has 2 aromatic carbocycles. The summed E-state index contributed by atoms with van der Waals surface area (Å²) >= 11 is 11.9. The van der Waals surface area contributed by atoms with Gasteiger partial charge in [0.15, 0.2) is 0 Å². The van der Waals surface area contributed by atoms with E-state index in [4.69, 9.17) is 23.2 Å². The minimum atomic E-state index is -0.491. The Balaban J connectivity index is 1.88. The molecule has 0 bridgehead atoms. The molecule has 0 fully saturated rings. The number of benzene rings is 2. The van der Waals surface area contributed by atoms with Crippen molar-refractivity contribution in [1.29, 1.82) is 5.26 Å². The number of fused-ring (bicyclic) bond motifs is 1. The Labute approximate surface area is 181 Å². The van der Waals surface area contributed by atoms with E-state index in [1.165, 1.54) is 11.3 Å². The van der Waals surface area contributed by atoms with Crippen molar-refractivity contribution in [2.24, 2.45) is 0 Å². The highest BCUT2D eigenvalue weighted by Crippen LogP contribution is 2.42. The molecule has 4 nitrogen and oxygen atoms in total. The Morgan fingerprint density at radius 1 is 1.24 bits per heavy atom. The zero-order valence-corrected chi connectivity index (χ0v) is 18.4. The average molecular weight is 428 g/mol. The zero-order valence-electron chi connectivity index (χ0n) is 16.9. The molecule has 0 aliphatic carbocycles. The summed E-state index contributed by atoms with van der Waals surface area (Å²) in [5.74, 6) is -0.102. The molecular formula is C23H23Cl2N3O. The molecule has 0 spiro atoms. The van der Waals surface area contributed by atoms with Crippen LogP contribution in [0.25, 0.3) is 6.08 Å². The standard InChI is InChI=1S/C23H23Cl2N3O/c1-14-12-23(2,3)28(4)21-8-5-15(10-18(14)21)9-16(13-26)22(29)27-17-6-7-19(24)20(25)11-17/h5-11,14H,12H2,1-4H3,(H,27,29)/b16-9-/t14-/m1/s1. The van der Waals surface area contributed by atoms with Gasteiger partial charge in [0.05, 0.1) is 10.0 Å². The number of carbonyl (C=O) groups excluding carboxylic acids is 1. The topological polar surface area (TPSA) is 56.1 Å². The molecule has 1 aliphatic heterocycles. The Hall–Kier alpha value is -2.48. The molecule has 0 unspecified atom stereocenters. The van der Waals surface area contributed by atoms with E-state index < -0.39 is 5.91 Å². The average Bonchev–Trinajstić information content (AvgIpc) is 2.67. The molecule has 1 atom stereocenters. The SMILES string of the molecule is C[C@@H]1CC(C)(C)N(C)c2ccc(/C=C(/C#N)C(=O)Nc3ccc(Cl)c(Cl)c3)cc21. The molecule has 1 N–H and O–H groups in total. The van der Waals surface area contributed by atoms with Crippen LogP contribution in [0.3, 0.4) is 0 Å². The highest BCUT2D eigenvalue weighted by Gasteiger charge is 2.33. The van der Waals surface area contributed by atoms with Crippen molar-refractivity contribution in [2.45, 2.75) is 38.6 Å². The first-order valence-electron chi connectivity index (χ1n) is 9.38. The number of anilines is 2. The fourth-order valence-electron chi connectivity index (χ4n) is 3.77. The molecule has 0 saturated heterocycles. The van der Waals surface area contributed by atoms with E-state index in [9.17, 15) is 10.1 Å². The van der Waals surface area contributed by atoms with Crippen molar-refractivity contribution in [3.63, 3.8) is 0 Å². The second kappa shape index (κ2) is 8.10. The van der Waals surface area contributed by atoms with Crippen LogP contribution in [-0.2, 0) is 4.79 Å². The first-order valence-corrected chi connectivity index (χ1v) is 10.1. The lowest BCUT2D eigenvalue weighted by atomic mass is 9.80. The van der Waals surface area contributed by atoms with Crippen molar-refractivity contribution in [1.82, 2.24) is 0 Å². The van der Waals surface area contributed by atoms with E-state index in [2.05, 4.69) is 50.2 Å². The Kier molecular flexibility index (Phi) is 5.93. The molecule has 0 saturated carbocycles. The summed E-state index contributed by atoms with van der Waals surface area (Å²) < 4.78 is 0. The van der Waals surface area contributed by atoms with Gasteiger partial charge in [-0.25, -0.2) is 0 Å². The molecule has 1 aliphatic rings. The summed E-state index contributed by atoms with van der Waals surface area (Å²) in [6.07, 6.45) is 2.65. The third-order valence-electron chi connectivity index (χ3n) is 5.51. The first-order chi connectivity index (χ1) is 13.6. The van der Waals surface area contributed by atoms with Crippen LogP contribution in [0.1, 0.15) is 44.2 Å². The number of hydrogen-bond donors (Lipinski definition) is 1. The predicted molar refractivity (Wildman–Crippen MR) is 121 cm³/mol. The van der Waals surface area contributed by atoms with Crippen LogP contribution in [0.5, 0.6) is 0 Å². The lowest BCUT2D eigenvalue weighted by Crippen LogP contribution is -2.45. The molecule has 0 radical (unpaired) electrons. The predicted octanol–water partition coefficient (Wildman–Crippen LogP) is 6.26. The molecule has 150 valence electrons. The van der Waals surface area contributed by atoms with Crippen molar-refractivity contribution in [3.05, 3.63) is 63.1 Å². The highest BCUT2D eigenvalue weighted by atomic mass is 35.5. The quantitative estimate of drug-likeness (QED) is 0.464. The van der Waals surface area contributed by atoms with E-state index in [1.54, 1.807) is 24.3 Å². The van der Waals surface area contributed by atoms with Crippen molar-refractivity contribution in [2.75, 3.05) is 17.3 Å². The number of carbonyl (C=O) groups is 1. The lowest BCUT2D eigenvalue weighted by Gasteiger charge is -2.45. The summed E-state index contributed by atoms with van der Waals surface area (Å²) in [4.78, 5) is 14.8. The minimum absolute atomic E-state index is 0.0215. The van der Waals surface area contributed by atoms with Gasteiger partial charge in [0.25, 0.3) is 5.91 Å². The first kappa shape index (κ1) is 21.2. The van der Waals surface area contributed by atoms with Crippen molar-refractivity contribution >= 4 is 46.6 Å². The van der Waals surface area contributed by atoms with Crippen LogP contribution < -0.4 is 10.2 Å². The second-order valence-corrected chi connectivity index (χ2v) is 8.86. The fourth-order valence-corrected chi connectivity index (χ4v) is 4.07. The summed E-state index contributed by atoms with van der Waals surface area (Å²) in [7, 11) is 2.10. The van der Waals surface area contributed by atoms with Gasteiger partial charge in [0.2, 0.25) is 0 Å². The maximum Gasteiger partial charge on any atom is 0.266 e. The van der Waals surface area contributed by atoms with Gasteiger partial charge < -0.3 is 10.2 Å². The zero-order chi connectivity index (χ0) is 21.3. The van der Waals surface area contributed by atoms with Crippen LogP contribution >= 0.6 is 23.2 Å². The molecule has 1 heterocycles. The maximum atomic E-state index is 12.5. The van der Waals surface area contributed by atoms with Crippen LogP contribution in [0, 0.1) is 11.3 Å². The second-order valence-electron chi connectivity index (χ2n) is 8.05. The number of nitrogens with zero attached hydrogens (tertiary/aromatic N) is 2. The molecule has 3 rings (SSSR count). The van der Waals surface area contributed by atoms with Gasteiger partial charge in [0.1, 0.15) is 11.6 Å². The van der Waals surface area contributed by atoms with Gasteiger partial charge in [-0.05, 0) is 73.7 Å². The third-order valence-corrected chi connectivity index (χ3v) is 6.25. The molecule has 6 heteroatoms. The Morgan fingerprint density at radius 3 is 2.62 bits per heavy atom. The monoisotopic (exact) mass is 427 g/mol. The van der Waals surface area contributed by atoms with Crippen LogP contribution in [0.4, 0.5) is 11.4 Å². The number of hydrogen-bond acceptors (Lipinski definition) is 3. The number of halogens is 2. The van der Waals surface area contributed by atoms with Crippen LogP contribution in [0.15, 0.2) is 42.0 Å². The van der Waals surface area contributed by atoms with Gasteiger partial charge in [-0.2, -0.15) is 5.26 Å². The van der Waals surface area contributed by atoms with Gasteiger partial charge in [-0.1, -0.05) is 36.2 Å². The normalized spacial score (nSPS) is 18.0. The molecule has 2 aromatic rings. The summed E-state index contributed by atoms with van der Waals surface area (Å²) in [6, 6.07) is 12.8. The van der Waals surface area contributed by atoms with Gasteiger partial charge in [0, 0.05) is 24.0 Å². The van der Waals surface area contributed by atoms with Crippen LogP contribution in [0.2, 0.25) is 10.0 Å². The number of amides is 1. The Bertz CT molecular complexity index is 1040. The third kappa shape index (κ3) is 4.42. The van der Waals surface area contributed by atoms with Gasteiger partial charge in [-0.15, -0.1) is 0 Å². The number of nitriles is 1. The van der Waals surface area contributed by atoms with Gasteiger partial charge in [-0.3, -0.25) is 4.79 Å². The largest absolute Gasteiger partial charge is 0.369 e. The maximum absolute atomic E-state index is 12.5. The van der Waals surface area contributed by atoms with E-state index in [0.29, 0.717) is 21.7 Å².